The fourth-order valence-corrected chi connectivity index (χ4v) is 3.34. The third kappa shape index (κ3) is 3.83. The van der Waals surface area contributed by atoms with E-state index in [2.05, 4.69) is 32.8 Å². The lowest BCUT2D eigenvalue weighted by molar-refractivity contribution is 0.553. The number of hydrogen-bond acceptors (Lipinski definition) is 4. The summed E-state index contributed by atoms with van der Waals surface area (Å²) in [6.07, 6.45) is 7.53. The summed E-state index contributed by atoms with van der Waals surface area (Å²) in [6, 6.07) is 13.7. The molecule has 3 heterocycles. The molecule has 0 aliphatic carbocycles. The molecule has 1 N–H and O–H groups in total. The molecule has 0 saturated carbocycles. The lowest BCUT2D eigenvalue weighted by Gasteiger charge is -2.19. The molecule has 0 bridgehead atoms. The first-order valence-corrected chi connectivity index (χ1v) is 9.42. The quantitative estimate of drug-likeness (QED) is 0.541. The second-order valence-corrected chi connectivity index (χ2v) is 7.08. The van der Waals surface area contributed by atoms with Gasteiger partial charge in [0.25, 0.3) is 0 Å². The number of benzene rings is 1. The zero-order chi connectivity index (χ0) is 19.5. The third-order valence-corrected chi connectivity index (χ3v) is 5.01. The molecule has 6 nitrogen and oxygen atoms in total. The maximum absolute atomic E-state index is 5.99. The Morgan fingerprint density at radius 1 is 1.11 bits per heavy atom. The number of hydrogen-bond donors (Lipinski definition) is 1. The van der Waals surface area contributed by atoms with E-state index >= 15 is 0 Å². The minimum Gasteiger partial charge on any atom is -0.301 e. The lowest BCUT2D eigenvalue weighted by Crippen LogP contribution is -2.24. The number of aromatic nitrogens is 5. The largest absolute Gasteiger partial charge is 0.301 e. The molecule has 0 amide bonds. The van der Waals surface area contributed by atoms with E-state index in [1.54, 1.807) is 6.20 Å². The van der Waals surface area contributed by atoms with Crippen LogP contribution in [0.2, 0.25) is 5.02 Å². The maximum Gasteiger partial charge on any atom is 0.0765 e. The first-order chi connectivity index (χ1) is 13.6. The zero-order valence-electron chi connectivity index (χ0n) is 15.7. The Hall–Kier alpha value is -2.96. The van der Waals surface area contributed by atoms with Crippen LogP contribution in [-0.4, -0.2) is 24.5 Å². The molecular weight excluding hydrogens is 372 g/mol. The summed E-state index contributed by atoms with van der Waals surface area (Å²) >= 11 is 5.99. The molecule has 0 aliphatic heterocycles. The van der Waals surface area contributed by atoms with E-state index < -0.39 is 0 Å². The predicted molar refractivity (Wildman–Crippen MR) is 109 cm³/mol. The number of nitrogens with one attached hydrogen (secondary N) is 1. The van der Waals surface area contributed by atoms with Gasteiger partial charge in [-0.2, -0.15) is 10.2 Å². The van der Waals surface area contributed by atoms with Gasteiger partial charge in [-0.25, -0.2) is 4.68 Å². The van der Waals surface area contributed by atoms with E-state index in [1.165, 1.54) is 0 Å². The van der Waals surface area contributed by atoms with E-state index in [4.69, 9.17) is 11.6 Å². The molecule has 0 saturated heterocycles. The highest BCUT2D eigenvalue weighted by molar-refractivity contribution is 6.30. The second-order valence-electron chi connectivity index (χ2n) is 6.64. The third-order valence-electron chi connectivity index (χ3n) is 4.76. The van der Waals surface area contributed by atoms with Crippen molar-refractivity contribution < 1.29 is 0 Å². The van der Waals surface area contributed by atoms with E-state index in [1.807, 2.05) is 72.1 Å². The monoisotopic (exact) mass is 392 g/mol. The highest BCUT2D eigenvalue weighted by Crippen LogP contribution is 2.22. The van der Waals surface area contributed by atoms with Gasteiger partial charge in [-0.15, -0.1) is 0 Å². The first kappa shape index (κ1) is 18.4. The van der Waals surface area contributed by atoms with Gasteiger partial charge >= 0.3 is 0 Å². The number of pyridine rings is 1. The summed E-state index contributed by atoms with van der Waals surface area (Å²) in [5.74, 6) is 0. The predicted octanol–water partition coefficient (Wildman–Crippen LogP) is 3.84. The first-order valence-electron chi connectivity index (χ1n) is 9.04. The van der Waals surface area contributed by atoms with Crippen molar-refractivity contribution in [2.45, 2.75) is 19.5 Å². The molecule has 4 aromatic rings. The molecule has 1 unspecified atom stereocenters. The Kier molecular flexibility index (Phi) is 5.23. The van der Waals surface area contributed by atoms with E-state index in [-0.39, 0.29) is 6.04 Å². The van der Waals surface area contributed by atoms with Gasteiger partial charge in [-0.05, 0) is 48.9 Å². The van der Waals surface area contributed by atoms with Crippen LogP contribution >= 0.6 is 11.6 Å². The molecular formula is C21H21ClN6. The highest BCUT2D eigenvalue weighted by Gasteiger charge is 2.18. The molecule has 7 heteroatoms. The molecule has 0 fully saturated rings. The Bertz CT molecular complexity index is 1050. The second kappa shape index (κ2) is 7.96. The van der Waals surface area contributed by atoms with Gasteiger partial charge in [0.1, 0.15) is 0 Å². The SMILES string of the molecule is Cc1nn(-c2ccc(Cl)cc2)cc1CNC(c1cccnc1)c1ccnn1C. The average Bonchev–Trinajstić information content (AvgIpc) is 3.29. The molecule has 28 heavy (non-hydrogen) atoms. The zero-order valence-corrected chi connectivity index (χ0v) is 16.5. The summed E-state index contributed by atoms with van der Waals surface area (Å²) in [6.45, 7) is 2.69. The Morgan fingerprint density at radius 2 is 1.93 bits per heavy atom. The van der Waals surface area contributed by atoms with Gasteiger partial charge < -0.3 is 5.32 Å². The molecule has 1 aromatic carbocycles. The molecule has 0 radical (unpaired) electrons. The molecule has 1 atom stereocenters. The maximum atomic E-state index is 5.99. The van der Waals surface area contributed by atoms with E-state index in [9.17, 15) is 0 Å². The van der Waals surface area contributed by atoms with Gasteiger partial charge in [-0.1, -0.05) is 17.7 Å². The summed E-state index contributed by atoms with van der Waals surface area (Å²) in [5, 5.41) is 13.3. The van der Waals surface area contributed by atoms with Crippen molar-refractivity contribution in [3.63, 3.8) is 0 Å². The van der Waals surface area contributed by atoms with Crippen LogP contribution in [0.15, 0.2) is 67.3 Å². The van der Waals surface area contributed by atoms with E-state index in [0.29, 0.717) is 11.6 Å². The van der Waals surface area contributed by atoms with Crippen LogP contribution in [0.5, 0.6) is 0 Å². The van der Waals surface area contributed by atoms with Crippen molar-refractivity contribution in [3.05, 3.63) is 94.8 Å². The summed E-state index contributed by atoms with van der Waals surface area (Å²) in [4.78, 5) is 4.27. The topological polar surface area (TPSA) is 60.6 Å². The van der Waals surface area contributed by atoms with Gasteiger partial charge in [0.05, 0.1) is 23.1 Å². The minimum atomic E-state index is -0.0144. The number of rotatable bonds is 6. The van der Waals surface area contributed by atoms with Gasteiger partial charge in [0.15, 0.2) is 0 Å². The average molecular weight is 393 g/mol. The molecule has 4 rings (SSSR count). The van der Waals surface area contributed by atoms with Crippen LogP contribution in [0.4, 0.5) is 0 Å². The highest BCUT2D eigenvalue weighted by atomic mass is 35.5. The smallest absolute Gasteiger partial charge is 0.0765 e. The van der Waals surface area contributed by atoms with Crippen LogP contribution in [0, 0.1) is 6.92 Å². The van der Waals surface area contributed by atoms with Gasteiger partial charge in [-0.3, -0.25) is 9.67 Å². The molecule has 3 aromatic heterocycles. The Labute approximate surface area is 168 Å². The minimum absolute atomic E-state index is 0.0144. The Morgan fingerprint density at radius 3 is 2.61 bits per heavy atom. The van der Waals surface area contributed by atoms with Crippen LogP contribution in [0.25, 0.3) is 5.69 Å². The number of nitrogens with zero attached hydrogens (tertiary/aromatic N) is 5. The fraction of sp³-hybridized carbons (Fsp3) is 0.190. The summed E-state index contributed by atoms with van der Waals surface area (Å²) in [7, 11) is 1.95. The molecule has 142 valence electrons. The Balaban J connectivity index is 1.58. The van der Waals surface area contributed by atoms with Gasteiger partial charge in [0, 0.05) is 49.0 Å². The fourth-order valence-electron chi connectivity index (χ4n) is 3.21. The van der Waals surface area contributed by atoms with Crippen LogP contribution < -0.4 is 5.32 Å². The van der Waals surface area contributed by atoms with Crippen LogP contribution in [0.1, 0.15) is 28.6 Å². The van der Waals surface area contributed by atoms with Crippen molar-refractivity contribution in [3.8, 4) is 5.69 Å². The molecule has 0 aliphatic rings. The summed E-state index contributed by atoms with van der Waals surface area (Å²) in [5.41, 5.74) is 5.27. The standard InChI is InChI=1S/C21H21ClN6/c1-15-17(14-28(26-15)19-7-5-18(22)6-8-19)13-24-21(16-4-3-10-23-12-16)20-9-11-25-27(20)2/h3-12,14,21,24H,13H2,1-2H3. The van der Waals surface area contributed by atoms with Gasteiger partial charge in [0.2, 0.25) is 0 Å². The number of aryl methyl sites for hydroxylation is 2. The van der Waals surface area contributed by atoms with Crippen molar-refractivity contribution in [1.82, 2.24) is 29.9 Å². The van der Waals surface area contributed by atoms with Crippen LogP contribution in [0.3, 0.4) is 0 Å². The van der Waals surface area contributed by atoms with E-state index in [0.717, 1.165) is 28.2 Å². The van der Waals surface area contributed by atoms with Crippen molar-refractivity contribution >= 4 is 11.6 Å². The lowest BCUT2D eigenvalue weighted by atomic mass is 10.1. The van der Waals surface area contributed by atoms with Crippen LogP contribution in [-0.2, 0) is 13.6 Å². The van der Waals surface area contributed by atoms with Crippen molar-refractivity contribution in [2.75, 3.05) is 0 Å². The van der Waals surface area contributed by atoms with Crippen molar-refractivity contribution in [2.24, 2.45) is 7.05 Å². The van der Waals surface area contributed by atoms with Crippen molar-refractivity contribution in [1.29, 1.82) is 0 Å². The summed E-state index contributed by atoms with van der Waals surface area (Å²) < 4.78 is 3.76. The number of halogens is 1. The normalized spacial score (nSPS) is 12.2. The molecule has 0 spiro atoms.